The van der Waals surface area contributed by atoms with E-state index in [4.69, 9.17) is 25.1 Å². The Balaban J connectivity index is 0.000000572. The van der Waals surface area contributed by atoms with E-state index >= 15 is 0 Å². The highest BCUT2D eigenvalue weighted by Crippen LogP contribution is 2.36. The number of anilines is 1. The van der Waals surface area contributed by atoms with E-state index in [0.29, 0.717) is 17.8 Å². The summed E-state index contributed by atoms with van der Waals surface area (Å²) in [6.45, 7) is 0.707. The number of nitrogens with zero attached hydrogens (tertiary/aromatic N) is 2. The number of hydrogen-bond donors (Lipinski definition) is 5. The molecule has 0 aliphatic carbocycles. The highest BCUT2D eigenvalue weighted by molar-refractivity contribution is 7.13. The van der Waals surface area contributed by atoms with Crippen LogP contribution in [0, 0.1) is 0 Å². The zero-order valence-electron chi connectivity index (χ0n) is 18.4. The number of nitrogen functional groups attached to an aromatic ring is 1. The van der Waals surface area contributed by atoms with Crippen LogP contribution in [0.2, 0.25) is 5.82 Å². The van der Waals surface area contributed by atoms with E-state index in [9.17, 15) is 32.9 Å². The smallest absolute Gasteiger partial charge is 0.526 e. The van der Waals surface area contributed by atoms with Crippen LogP contribution in [0.15, 0.2) is 28.7 Å². The minimum absolute atomic E-state index is 0.00341. The van der Waals surface area contributed by atoms with Gasteiger partial charge in [-0.05, 0) is 18.1 Å². The Morgan fingerprint density at radius 1 is 1.33 bits per heavy atom. The maximum Gasteiger partial charge on any atom is 0.526 e. The summed E-state index contributed by atoms with van der Waals surface area (Å²) in [5.74, 6) is -4.77. The zero-order valence-corrected chi connectivity index (χ0v) is 19.2. The van der Waals surface area contributed by atoms with E-state index in [1.807, 2.05) is 0 Å². The number of Topliss-reactive ketones (excluding diaryl/α,β-unsaturated/α-hetero) is 1. The molecular formula is C19H21BF3N4O8S+. The summed E-state index contributed by atoms with van der Waals surface area (Å²) in [5, 5.41) is 32.5. The Hall–Kier alpha value is -3.70. The number of para-hydroxylation sites is 1. The molecule has 0 spiro atoms. The second-order valence-electron chi connectivity index (χ2n) is 7.20. The van der Waals surface area contributed by atoms with E-state index < -0.39 is 36.8 Å². The molecule has 3 rings (SSSR count). The Labute approximate surface area is 205 Å². The predicted molar refractivity (Wildman–Crippen MR) is 120 cm³/mol. The molecular weight excluding hydrogens is 512 g/mol. The number of oxime groups is 1. The summed E-state index contributed by atoms with van der Waals surface area (Å²) in [6.07, 6.45) is -4.91. The first-order valence-corrected chi connectivity index (χ1v) is 11.0. The van der Waals surface area contributed by atoms with Crippen LogP contribution in [-0.2, 0) is 20.8 Å². The monoisotopic (exact) mass is 533 g/mol. The molecule has 12 nitrogen and oxygen atoms in total. The standard InChI is InChI=1S/C17H19BN4O6S.C2HF3O2/c19-4-5-27-22-14(12-8-29-17(20)21-12)13(23)7-10-6-9-2-1-3-11(16(24)25)15(9)28-18(10)26;3-2(4,5)1(6)7/h1-3,8,10,26H,4-7,19H2,(H2,20,21)(H,24,25);(H,6,7)/p+1/b22-14-;/t10-;/m1./s1. The summed E-state index contributed by atoms with van der Waals surface area (Å²) in [4.78, 5) is 42.3. The lowest BCUT2D eigenvalue weighted by atomic mass is 9.64. The number of aliphatic carboxylic acids is 1. The molecule has 0 radical (unpaired) electrons. The summed E-state index contributed by atoms with van der Waals surface area (Å²) in [6, 6.07) is 4.70. The fourth-order valence-electron chi connectivity index (χ4n) is 2.97. The van der Waals surface area contributed by atoms with E-state index in [0.717, 1.165) is 0 Å². The number of benzene rings is 1. The number of carboxylic acids is 2. The largest absolute Gasteiger partial charge is 0.535 e. The maximum atomic E-state index is 12.9. The van der Waals surface area contributed by atoms with E-state index in [-0.39, 0.29) is 41.6 Å². The van der Waals surface area contributed by atoms with Crippen LogP contribution >= 0.6 is 11.3 Å². The minimum atomic E-state index is -5.08. The third kappa shape index (κ3) is 7.66. The van der Waals surface area contributed by atoms with Crippen molar-refractivity contribution in [2.45, 2.75) is 24.8 Å². The number of alkyl halides is 3. The van der Waals surface area contributed by atoms with Gasteiger partial charge in [0.05, 0.1) is 5.56 Å². The molecule has 1 aromatic heterocycles. The fraction of sp³-hybridized carbons (Fsp3) is 0.316. The number of ketones is 1. The number of aromatic nitrogens is 1. The number of carbonyl (C=O) groups excluding carboxylic acids is 1. The number of nitrogens with two attached hydrogens (primary N) is 1. The van der Waals surface area contributed by atoms with Crippen molar-refractivity contribution in [2.75, 3.05) is 18.9 Å². The normalized spacial score (nSPS) is 15.2. The molecule has 0 fully saturated rings. The lowest BCUT2D eigenvalue weighted by Crippen LogP contribution is -2.52. The van der Waals surface area contributed by atoms with Crippen LogP contribution in [0.4, 0.5) is 18.3 Å². The Kier molecular flexibility index (Phi) is 9.77. The average molecular weight is 533 g/mol. The molecule has 1 aliphatic heterocycles. The number of halogens is 3. The predicted octanol–water partition coefficient (Wildman–Crippen LogP) is 0.464. The van der Waals surface area contributed by atoms with Gasteiger partial charge in [-0.2, -0.15) is 13.2 Å². The summed E-state index contributed by atoms with van der Waals surface area (Å²) >= 11 is 1.17. The number of rotatable bonds is 8. The molecule has 0 saturated heterocycles. The van der Waals surface area contributed by atoms with Gasteiger partial charge in [-0.1, -0.05) is 17.3 Å². The van der Waals surface area contributed by atoms with Crippen molar-refractivity contribution in [2.24, 2.45) is 5.16 Å². The van der Waals surface area contributed by atoms with Crippen LogP contribution < -0.4 is 16.1 Å². The number of fused-ring (bicyclic) bond motifs is 1. The average Bonchev–Trinajstić information content (AvgIpc) is 3.22. The number of carboxylic acid groups (broad SMARTS) is 2. The van der Waals surface area contributed by atoms with Gasteiger partial charge in [-0.3, -0.25) is 4.79 Å². The second kappa shape index (κ2) is 12.3. The molecule has 2 aromatic rings. The van der Waals surface area contributed by atoms with Gasteiger partial charge in [0, 0.05) is 17.6 Å². The molecule has 194 valence electrons. The summed E-state index contributed by atoms with van der Waals surface area (Å²) < 4.78 is 37.2. The van der Waals surface area contributed by atoms with Crippen molar-refractivity contribution >= 4 is 47.0 Å². The van der Waals surface area contributed by atoms with Gasteiger partial charge in [-0.15, -0.1) is 11.3 Å². The third-order valence-corrected chi connectivity index (χ3v) is 5.24. The van der Waals surface area contributed by atoms with Crippen molar-refractivity contribution in [1.29, 1.82) is 0 Å². The molecule has 17 heteroatoms. The molecule has 2 heterocycles. The summed E-state index contributed by atoms with van der Waals surface area (Å²) in [5.41, 5.74) is 10.2. The van der Waals surface area contributed by atoms with Crippen LogP contribution in [0.1, 0.15) is 28.0 Å². The topological polar surface area (TPSA) is 209 Å². The molecule has 36 heavy (non-hydrogen) atoms. The first kappa shape index (κ1) is 28.5. The first-order valence-electron chi connectivity index (χ1n) is 10.1. The highest BCUT2D eigenvalue weighted by Gasteiger charge is 2.39. The molecule has 0 unspecified atom stereocenters. The lowest BCUT2D eigenvalue weighted by molar-refractivity contribution is -0.374. The maximum absolute atomic E-state index is 12.9. The van der Waals surface area contributed by atoms with Gasteiger partial charge in [0.25, 0.3) is 0 Å². The van der Waals surface area contributed by atoms with E-state index in [1.165, 1.54) is 17.4 Å². The lowest BCUT2D eigenvalue weighted by Gasteiger charge is -2.27. The number of hydrogen-bond acceptors (Lipinski definition) is 10. The van der Waals surface area contributed by atoms with Gasteiger partial charge in [0.15, 0.2) is 23.2 Å². The minimum Gasteiger partial charge on any atom is -0.535 e. The SMILES string of the molecule is Nc1nc(/C(=N/OCC[NH3+])C(=O)C[C@H]2Cc3cccc(C(=O)O)c3OB2O)cs1.O=C(O)C(F)(F)F. The third-order valence-electron chi connectivity index (χ3n) is 4.56. The van der Waals surface area contributed by atoms with Crippen LogP contribution in [0.5, 0.6) is 5.75 Å². The van der Waals surface area contributed by atoms with Gasteiger partial charge in [-0.25, -0.2) is 14.6 Å². The van der Waals surface area contributed by atoms with Crippen molar-refractivity contribution in [1.82, 2.24) is 4.98 Å². The summed E-state index contributed by atoms with van der Waals surface area (Å²) in [7, 11) is -1.34. The fourth-order valence-corrected chi connectivity index (χ4v) is 3.52. The number of aromatic carboxylic acids is 1. The quantitative estimate of drug-likeness (QED) is 0.137. The Bertz CT molecular complexity index is 1140. The molecule has 1 aliphatic rings. The van der Waals surface area contributed by atoms with Gasteiger partial charge >= 0.3 is 25.2 Å². The van der Waals surface area contributed by atoms with Crippen LogP contribution in [0.3, 0.4) is 0 Å². The second-order valence-corrected chi connectivity index (χ2v) is 8.09. The zero-order chi connectivity index (χ0) is 27.0. The first-order chi connectivity index (χ1) is 16.8. The van der Waals surface area contributed by atoms with E-state index in [1.54, 1.807) is 17.5 Å². The molecule has 1 atom stereocenters. The molecule has 0 saturated carbocycles. The van der Waals surface area contributed by atoms with Crippen molar-refractivity contribution in [3.63, 3.8) is 0 Å². The van der Waals surface area contributed by atoms with Crippen molar-refractivity contribution in [3.8, 4) is 5.75 Å². The van der Waals surface area contributed by atoms with E-state index in [2.05, 4.69) is 15.9 Å². The molecule has 8 N–H and O–H groups in total. The van der Waals surface area contributed by atoms with Crippen LogP contribution in [0.25, 0.3) is 0 Å². The van der Waals surface area contributed by atoms with Gasteiger partial charge in [0.2, 0.25) is 0 Å². The Morgan fingerprint density at radius 2 is 2.00 bits per heavy atom. The molecule has 0 amide bonds. The number of thiazole rings is 1. The number of carbonyl (C=O) groups is 3. The number of quaternary nitrogens is 1. The van der Waals surface area contributed by atoms with Crippen molar-refractivity contribution < 1.29 is 58.0 Å². The Morgan fingerprint density at radius 3 is 2.53 bits per heavy atom. The van der Waals surface area contributed by atoms with Gasteiger partial charge in [0.1, 0.15) is 18.0 Å². The highest BCUT2D eigenvalue weighted by atomic mass is 32.1. The molecule has 0 bridgehead atoms. The van der Waals surface area contributed by atoms with Crippen LogP contribution in [-0.4, -0.2) is 70.1 Å². The van der Waals surface area contributed by atoms with Crippen molar-refractivity contribution in [3.05, 3.63) is 40.4 Å². The molecule has 1 aromatic carbocycles. The van der Waals surface area contributed by atoms with Gasteiger partial charge < -0.3 is 36.2 Å².